The summed E-state index contributed by atoms with van der Waals surface area (Å²) in [5.41, 5.74) is 6.58. The Morgan fingerprint density at radius 1 is 0.842 bits per heavy atom. The van der Waals surface area contributed by atoms with Crippen molar-refractivity contribution < 1.29 is 15.0 Å². The number of aromatic hydroxyl groups is 1. The third-order valence-corrected chi connectivity index (χ3v) is 9.19. The van der Waals surface area contributed by atoms with Crippen molar-refractivity contribution in [2.45, 2.75) is 56.4 Å². The van der Waals surface area contributed by atoms with E-state index in [9.17, 15) is 15.0 Å². The second-order valence-corrected chi connectivity index (χ2v) is 11.4. The maximum atomic E-state index is 11.6. The molecule has 3 atom stereocenters. The van der Waals surface area contributed by atoms with Crippen molar-refractivity contribution >= 4 is 11.7 Å². The normalized spacial score (nSPS) is 24.3. The fourth-order valence-electron chi connectivity index (χ4n) is 7.20. The monoisotopic (exact) mass is 510 g/mol. The van der Waals surface area contributed by atoms with E-state index in [1.54, 1.807) is 0 Å². The van der Waals surface area contributed by atoms with Gasteiger partial charge in [-0.15, -0.1) is 0 Å². The predicted octanol–water partition coefficient (Wildman–Crippen LogP) is 6.02. The zero-order valence-electron chi connectivity index (χ0n) is 22.0. The van der Waals surface area contributed by atoms with E-state index in [2.05, 4.69) is 70.5 Å². The number of piperidine rings is 1. The summed E-state index contributed by atoms with van der Waals surface area (Å²) in [6, 6.07) is 25.7. The quantitative estimate of drug-likeness (QED) is 0.425. The summed E-state index contributed by atoms with van der Waals surface area (Å²) in [4.78, 5) is 16.2. The molecule has 38 heavy (non-hydrogen) atoms. The van der Waals surface area contributed by atoms with Gasteiger partial charge in [0.15, 0.2) is 0 Å². The fraction of sp³-hybridized carbons (Fsp3) is 0.424. The van der Waals surface area contributed by atoms with Gasteiger partial charge in [0.25, 0.3) is 0 Å². The number of fused-ring (bicyclic) bond motifs is 1. The van der Waals surface area contributed by atoms with Gasteiger partial charge in [-0.25, -0.2) is 0 Å². The van der Waals surface area contributed by atoms with Crippen LogP contribution in [0.25, 0.3) is 0 Å². The highest BCUT2D eigenvalue weighted by atomic mass is 16.4. The molecular weight excluding hydrogens is 472 g/mol. The van der Waals surface area contributed by atoms with Crippen LogP contribution in [0.5, 0.6) is 5.75 Å². The maximum absolute atomic E-state index is 11.6. The standard InChI is InChI=1S/C33H38N2O3/c36-28-13-15-30-26(21-28)10-14-29(24-5-2-1-3-6-24)32(30)25-8-11-27(12-9-25)34-19-16-23(17-20-34)22-35-18-4-7-31(35)33(37)38/h1-3,5-6,8-9,11-13,15,21,23,29,31-32,36H,4,7,10,14,16-20,22H2,(H,37,38)/t29?,31-,32?/m1/s1. The molecule has 5 nitrogen and oxygen atoms in total. The molecule has 2 unspecified atom stereocenters. The summed E-state index contributed by atoms with van der Waals surface area (Å²) in [7, 11) is 0. The Hall–Kier alpha value is -3.31. The number of carboxylic acid groups (broad SMARTS) is 1. The summed E-state index contributed by atoms with van der Waals surface area (Å²) < 4.78 is 0. The molecule has 3 aromatic carbocycles. The smallest absolute Gasteiger partial charge is 0.320 e. The van der Waals surface area contributed by atoms with Crippen molar-refractivity contribution in [3.8, 4) is 5.75 Å². The Balaban J connectivity index is 1.17. The van der Waals surface area contributed by atoms with E-state index < -0.39 is 5.97 Å². The van der Waals surface area contributed by atoms with E-state index >= 15 is 0 Å². The number of phenols is 1. The van der Waals surface area contributed by atoms with Gasteiger partial charge in [0, 0.05) is 31.2 Å². The van der Waals surface area contributed by atoms with E-state index in [1.807, 2.05) is 12.1 Å². The Morgan fingerprint density at radius 2 is 1.61 bits per heavy atom. The number of rotatable bonds is 6. The first kappa shape index (κ1) is 25.0. The van der Waals surface area contributed by atoms with Gasteiger partial charge in [-0.1, -0.05) is 48.5 Å². The van der Waals surface area contributed by atoms with Gasteiger partial charge in [-0.05, 0) is 103 Å². The molecule has 2 saturated heterocycles. The van der Waals surface area contributed by atoms with E-state index in [1.165, 1.54) is 27.9 Å². The molecule has 0 spiro atoms. The van der Waals surface area contributed by atoms with Gasteiger partial charge in [-0.2, -0.15) is 0 Å². The lowest BCUT2D eigenvalue weighted by atomic mass is 9.69. The molecule has 1 aliphatic carbocycles. The Kier molecular flexibility index (Phi) is 7.12. The van der Waals surface area contributed by atoms with Crippen LogP contribution in [0.1, 0.15) is 66.2 Å². The number of carbonyl (C=O) groups is 1. The lowest BCUT2D eigenvalue weighted by molar-refractivity contribution is -0.142. The highest BCUT2D eigenvalue weighted by Crippen LogP contribution is 2.47. The number of likely N-dealkylation sites (tertiary alicyclic amines) is 1. The number of hydrogen-bond acceptors (Lipinski definition) is 4. The summed E-state index contributed by atoms with van der Waals surface area (Å²) in [6.45, 7) is 3.88. The van der Waals surface area contributed by atoms with Crippen molar-refractivity contribution in [2.75, 3.05) is 31.1 Å². The number of hydrogen-bond donors (Lipinski definition) is 2. The SMILES string of the molecule is O=C(O)[C@H]1CCCN1CC1CCN(c2ccc(C3c4ccc(O)cc4CCC3c3ccccc3)cc2)CC1. The molecule has 2 fully saturated rings. The predicted molar refractivity (Wildman–Crippen MR) is 151 cm³/mol. The van der Waals surface area contributed by atoms with Gasteiger partial charge in [0.1, 0.15) is 11.8 Å². The Morgan fingerprint density at radius 3 is 2.34 bits per heavy atom. The molecule has 0 radical (unpaired) electrons. The molecule has 0 aromatic heterocycles. The Bertz CT molecular complexity index is 1250. The highest BCUT2D eigenvalue weighted by Gasteiger charge is 2.34. The van der Waals surface area contributed by atoms with Crippen LogP contribution in [0.4, 0.5) is 5.69 Å². The second-order valence-electron chi connectivity index (χ2n) is 11.4. The number of benzene rings is 3. The molecule has 3 aliphatic rings. The molecule has 2 N–H and O–H groups in total. The minimum absolute atomic E-state index is 0.268. The number of aliphatic carboxylic acids is 1. The van der Waals surface area contributed by atoms with E-state index in [0.717, 1.165) is 64.7 Å². The largest absolute Gasteiger partial charge is 0.508 e. The van der Waals surface area contributed by atoms with Gasteiger partial charge >= 0.3 is 5.97 Å². The van der Waals surface area contributed by atoms with Crippen molar-refractivity contribution in [3.05, 3.63) is 95.1 Å². The summed E-state index contributed by atoms with van der Waals surface area (Å²) in [6.07, 6.45) is 6.07. The Labute approximate surface area is 225 Å². The van der Waals surface area contributed by atoms with Crippen LogP contribution in [0.15, 0.2) is 72.8 Å². The van der Waals surface area contributed by atoms with Gasteiger partial charge in [-0.3, -0.25) is 9.69 Å². The zero-order chi connectivity index (χ0) is 26.1. The number of phenolic OH excluding ortho intramolecular Hbond substituents is 1. The van der Waals surface area contributed by atoms with Crippen LogP contribution >= 0.6 is 0 Å². The van der Waals surface area contributed by atoms with Crippen LogP contribution in [-0.2, 0) is 11.2 Å². The maximum Gasteiger partial charge on any atom is 0.320 e. The summed E-state index contributed by atoms with van der Waals surface area (Å²) >= 11 is 0. The van der Waals surface area contributed by atoms with Crippen LogP contribution in [-0.4, -0.2) is 53.3 Å². The minimum atomic E-state index is -0.660. The van der Waals surface area contributed by atoms with Crippen molar-refractivity contribution in [2.24, 2.45) is 5.92 Å². The molecule has 0 saturated carbocycles. The summed E-state index contributed by atoms with van der Waals surface area (Å²) in [5, 5.41) is 19.6. The number of carboxylic acids is 1. The average molecular weight is 511 g/mol. The van der Waals surface area contributed by atoms with Crippen molar-refractivity contribution in [1.82, 2.24) is 4.90 Å². The first-order chi connectivity index (χ1) is 18.6. The van der Waals surface area contributed by atoms with Gasteiger partial charge < -0.3 is 15.1 Å². The van der Waals surface area contributed by atoms with Crippen molar-refractivity contribution in [3.63, 3.8) is 0 Å². The third kappa shape index (κ3) is 5.04. The molecule has 0 amide bonds. The number of anilines is 1. The zero-order valence-corrected chi connectivity index (χ0v) is 22.0. The van der Waals surface area contributed by atoms with Gasteiger partial charge in [0.2, 0.25) is 0 Å². The molecule has 3 aromatic rings. The molecular formula is C33H38N2O3. The van der Waals surface area contributed by atoms with Crippen molar-refractivity contribution in [1.29, 1.82) is 0 Å². The molecule has 5 heteroatoms. The molecule has 198 valence electrons. The first-order valence-electron chi connectivity index (χ1n) is 14.3. The number of nitrogens with zero attached hydrogens (tertiary/aromatic N) is 2. The summed E-state index contributed by atoms with van der Waals surface area (Å²) in [5.74, 6) is 0.945. The molecule has 2 heterocycles. The topological polar surface area (TPSA) is 64.0 Å². The average Bonchev–Trinajstić information content (AvgIpc) is 3.42. The lowest BCUT2D eigenvalue weighted by Gasteiger charge is -2.37. The first-order valence-corrected chi connectivity index (χ1v) is 14.3. The van der Waals surface area contributed by atoms with Crippen LogP contribution in [0, 0.1) is 5.92 Å². The lowest BCUT2D eigenvalue weighted by Crippen LogP contribution is -2.42. The third-order valence-electron chi connectivity index (χ3n) is 9.19. The fourth-order valence-corrected chi connectivity index (χ4v) is 7.20. The molecule has 2 aliphatic heterocycles. The minimum Gasteiger partial charge on any atom is -0.508 e. The second kappa shape index (κ2) is 10.8. The number of aryl methyl sites for hydroxylation is 1. The molecule has 6 rings (SSSR count). The van der Waals surface area contributed by atoms with Gasteiger partial charge in [0.05, 0.1) is 0 Å². The van der Waals surface area contributed by atoms with E-state index in [4.69, 9.17) is 0 Å². The molecule has 0 bridgehead atoms. The van der Waals surface area contributed by atoms with E-state index in [0.29, 0.717) is 17.6 Å². The van der Waals surface area contributed by atoms with Crippen LogP contribution < -0.4 is 4.90 Å². The van der Waals surface area contributed by atoms with Crippen LogP contribution in [0.2, 0.25) is 0 Å². The van der Waals surface area contributed by atoms with Crippen LogP contribution in [0.3, 0.4) is 0 Å². The highest BCUT2D eigenvalue weighted by molar-refractivity contribution is 5.73. The van der Waals surface area contributed by atoms with E-state index in [-0.39, 0.29) is 12.0 Å².